The summed E-state index contributed by atoms with van der Waals surface area (Å²) in [5.41, 5.74) is 1.00. The molecule has 3 atom stereocenters. The molecule has 5 nitrogen and oxygen atoms in total. The highest BCUT2D eigenvalue weighted by atomic mass is 19.1. The molecule has 2 aromatic rings. The molecule has 2 aromatic carbocycles. The van der Waals surface area contributed by atoms with E-state index in [1.807, 2.05) is 4.90 Å². The quantitative estimate of drug-likeness (QED) is 0.786. The Kier molecular flexibility index (Phi) is 5.97. The summed E-state index contributed by atoms with van der Waals surface area (Å²) in [5, 5.41) is 5.41. The number of likely N-dealkylation sites (tertiary alicyclic amines) is 1. The maximum atomic E-state index is 13.8. The Balaban J connectivity index is 1.48. The van der Waals surface area contributed by atoms with Gasteiger partial charge < -0.3 is 15.5 Å². The van der Waals surface area contributed by atoms with Gasteiger partial charge in [0.2, 0.25) is 5.91 Å². The molecule has 1 aliphatic heterocycles. The predicted molar refractivity (Wildman–Crippen MR) is 110 cm³/mol. The van der Waals surface area contributed by atoms with Crippen LogP contribution in [0.1, 0.15) is 37.2 Å². The van der Waals surface area contributed by atoms with Crippen molar-refractivity contribution in [3.05, 3.63) is 65.7 Å². The Morgan fingerprint density at radius 3 is 2.33 bits per heavy atom. The molecular formula is C23H25F2N3O2. The molecule has 2 fully saturated rings. The number of amides is 3. The van der Waals surface area contributed by atoms with Crippen LogP contribution in [0.5, 0.6) is 0 Å². The molecule has 2 aliphatic rings. The van der Waals surface area contributed by atoms with Crippen molar-refractivity contribution in [2.75, 3.05) is 18.4 Å². The second kappa shape index (κ2) is 8.81. The van der Waals surface area contributed by atoms with E-state index >= 15 is 0 Å². The molecule has 4 rings (SSSR count). The van der Waals surface area contributed by atoms with Gasteiger partial charge in [-0.3, -0.25) is 4.79 Å². The molecule has 0 radical (unpaired) electrons. The van der Waals surface area contributed by atoms with Gasteiger partial charge in [0.05, 0.1) is 5.69 Å². The number of hydrogen-bond acceptors (Lipinski definition) is 2. The van der Waals surface area contributed by atoms with Crippen LogP contribution >= 0.6 is 0 Å². The monoisotopic (exact) mass is 413 g/mol. The molecule has 1 saturated carbocycles. The smallest absolute Gasteiger partial charge is 0.319 e. The van der Waals surface area contributed by atoms with Gasteiger partial charge in [0.15, 0.2) is 0 Å². The molecule has 2 N–H and O–H groups in total. The van der Waals surface area contributed by atoms with E-state index in [1.54, 1.807) is 24.3 Å². The Morgan fingerprint density at radius 1 is 0.933 bits per heavy atom. The van der Waals surface area contributed by atoms with Crippen LogP contribution in [0.2, 0.25) is 0 Å². The van der Waals surface area contributed by atoms with Crippen LogP contribution in [0.15, 0.2) is 48.5 Å². The number of carbonyl (C=O) groups excluding carboxylic acids is 2. The van der Waals surface area contributed by atoms with Gasteiger partial charge in [0, 0.05) is 25.0 Å². The molecule has 0 aromatic heterocycles. The van der Waals surface area contributed by atoms with Crippen molar-refractivity contribution >= 4 is 17.6 Å². The number of rotatable bonds is 4. The van der Waals surface area contributed by atoms with Gasteiger partial charge in [-0.2, -0.15) is 0 Å². The summed E-state index contributed by atoms with van der Waals surface area (Å²) in [7, 11) is 0. The fourth-order valence-electron chi connectivity index (χ4n) is 4.59. The Bertz CT molecular complexity index is 913. The maximum absolute atomic E-state index is 13.8. The van der Waals surface area contributed by atoms with Gasteiger partial charge in [-0.1, -0.05) is 24.3 Å². The molecule has 3 amide bonds. The van der Waals surface area contributed by atoms with E-state index < -0.39 is 11.8 Å². The van der Waals surface area contributed by atoms with Gasteiger partial charge in [-0.15, -0.1) is 0 Å². The number of urea groups is 1. The van der Waals surface area contributed by atoms with Crippen molar-refractivity contribution in [3.8, 4) is 0 Å². The second-order valence-corrected chi connectivity index (χ2v) is 8.04. The number of benzene rings is 2. The summed E-state index contributed by atoms with van der Waals surface area (Å²) in [6, 6.07) is 11.5. The van der Waals surface area contributed by atoms with Crippen LogP contribution in [0.4, 0.5) is 19.3 Å². The molecule has 0 bridgehead atoms. The van der Waals surface area contributed by atoms with E-state index in [1.165, 1.54) is 24.3 Å². The third kappa shape index (κ3) is 4.45. The summed E-state index contributed by atoms with van der Waals surface area (Å²) < 4.78 is 27.2. The standard InChI is InChI=1S/C23H25F2N3O2/c24-16-9-7-15(8-10-16)18-13-17(14-19(18)22(29)28-11-3-4-12-28)26-23(30)27-21-6-2-1-5-20(21)25/h1-2,5-10,17-19H,3-4,11-14H2,(H2,26,27,30)/t17-,18+,19-/m0/s1. The van der Waals surface area contributed by atoms with Gasteiger partial charge in [-0.05, 0) is 61.4 Å². The lowest BCUT2D eigenvalue weighted by Crippen LogP contribution is -2.38. The fourth-order valence-corrected chi connectivity index (χ4v) is 4.59. The number of halogens is 2. The Morgan fingerprint density at radius 2 is 1.63 bits per heavy atom. The van der Waals surface area contributed by atoms with E-state index in [0.717, 1.165) is 31.5 Å². The molecule has 1 saturated heterocycles. The van der Waals surface area contributed by atoms with Crippen molar-refractivity contribution < 1.29 is 18.4 Å². The van der Waals surface area contributed by atoms with Crippen molar-refractivity contribution in [2.24, 2.45) is 5.92 Å². The Labute approximate surface area is 174 Å². The van der Waals surface area contributed by atoms with Crippen LogP contribution < -0.4 is 10.6 Å². The first-order chi connectivity index (χ1) is 14.5. The minimum atomic E-state index is -0.509. The number of nitrogens with one attached hydrogen (secondary N) is 2. The second-order valence-electron chi connectivity index (χ2n) is 8.04. The minimum Gasteiger partial charge on any atom is -0.342 e. The van der Waals surface area contributed by atoms with Crippen LogP contribution in [0, 0.1) is 17.6 Å². The van der Waals surface area contributed by atoms with E-state index in [0.29, 0.717) is 12.8 Å². The average molecular weight is 413 g/mol. The summed E-state index contributed by atoms with van der Waals surface area (Å²) in [5.74, 6) is -1.10. The van der Waals surface area contributed by atoms with Crippen molar-refractivity contribution in [1.29, 1.82) is 0 Å². The lowest BCUT2D eigenvalue weighted by molar-refractivity contribution is -0.134. The molecule has 0 unspecified atom stereocenters. The number of para-hydroxylation sites is 1. The number of nitrogens with zero attached hydrogens (tertiary/aromatic N) is 1. The topological polar surface area (TPSA) is 61.4 Å². The predicted octanol–water partition coefficient (Wildman–Crippen LogP) is 4.27. The first-order valence-electron chi connectivity index (χ1n) is 10.4. The van der Waals surface area contributed by atoms with E-state index in [4.69, 9.17) is 0 Å². The number of anilines is 1. The maximum Gasteiger partial charge on any atom is 0.319 e. The Hall–Kier alpha value is -2.96. The summed E-state index contributed by atoms with van der Waals surface area (Å²) in [6.45, 7) is 1.52. The van der Waals surface area contributed by atoms with E-state index in [2.05, 4.69) is 10.6 Å². The van der Waals surface area contributed by atoms with Gasteiger partial charge in [-0.25, -0.2) is 13.6 Å². The van der Waals surface area contributed by atoms with Crippen molar-refractivity contribution in [3.63, 3.8) is 0 Å². The molecule has 30 heavy (non-hydrogen) atoms. The normalized spacial score (nSPS) is 23.4. The van der Waals surface area contributed by atoms with Gasteiger partial charge >= 0.3 is 6.03 Å². The lowest BCUT2D eigenvalue weighted by Gasteiger charge is -2.24. The van der Waals surface area contributed by atoms with Gasteiger partial charge in [0.1, 0.15) is 11.6 Å². The zero-order valence-electron chi connectivity index (χ0n) is 16.6. The van der Waals surface area contributed by atoms with E-state index in [9.17, 15) is 18.4 Å². The average Bonchev–Trinajstić information content (AvgIpc) is 3.40. The lowest BCUT2D eigenvalue weighted by atomic mass is 9.88. The molecule has 1 aliphatic carbocycles. The zero-order valence-corrected chi connectivity index (χ0v) is 16.6. The molecule has 1 heterocycles. The summed E-state index contributed by atoms with van der Waals surface area (Å²) in [4.78, 5) is 27.4. The van der Waals surface area contributed by atoms with Gasteiger partial charge in [0.25, 0.3) is 0 Å². The van der Waals surface area contributed by atoms with Crippen LogP contribution in [0.3, 0.4) is 0 Å². The highest BCUT2D eigenvalue weighted by Gasteiger charge is 2.42. The summed E-state index contributed by atoms with van der Waals surface area (Å²) >= 11 is 0. The van der Waals surface area contributed by atoms with Crippen LogP contribution in [-0.4, -0.2) is 36.0 Å². The number of hydrogen-bond donors (Lipinski definition) is 2. The highest BCUT2D eigenvalue weighted by molar-refractivity contribution is 5.89. The molecule has 7 heteroatoms. The summed E-state index contributed by atoms with van der Waals surface area (Å²) in [6.07, 6.45) is 3.08. The third-order valence-electron chi connectivity index (χ3n) is 6.05. The largest absolute Gasteiger partial charge is 0.342 e. The first kappa shape index (κ1) is 20.3. The van der Waals surface area contributed by atoms with Crippen LogP contribution in [-0.2, 0) is 4.79 Å². The highest BCUT2D eigenvalue weighted by Crippen LogP contribution is 2.41. The fraction of sp³-hybridized carbons (Fsp3) is 0.391. The zero-order chi connectivity index (χ0) is 21.1. The number of carbonyl (C=O) groups is 2. The molecular weight excluding hydrogens is 388 g/mol. The van der Waals surface area contributed by atoms with Crippen LogP contribution in [0.25, 0.3) is 0 Å². The van der Waals surface area contributed by atoms with Crippen molar-refractivity contribution in [1.82, 2.24) is 10.2 Å². The van der Waals surface area contributed by atoms with Crippen molar-refractivity contribution in [2.45, 2.75) is 37.6 Å². The van der Waals surface area contributed by atoms with E-state index in [-0.39, 0.29) is 35.3 Å². The first-order valence-corrected chi connectivity index (χ1v) is 10.4. The molecule has 158 valence electrons. The SMILES string of the molecule is O=C(Nc1ccccc1F)N[C@@H]1C[C@H](C(=O)N2CCCC2)[C@@H](c2ccc(F)cc2)C1. The molecule has 0 spiro atoms. The third-order valence-corrected chi connectivity index (χ3v) is 6.05. The minimum absolute atomic E-state index is 0.0978.